The normalized spacial score (nSPS) is 9.35. The van der Waals surface area contributed by atoms with Gasteiger partial charge in [0.25, 0.3) is 5.91 Å². The zero-order valence-corrected chi connectivity index (χ0v) is 10.3. The fraction of sp³-hybridized carbons (Fsp3) is 0.273. The smallest absolute Gasteiger partial charge is 0.268 e. The molecule has 90 valence electrons. The quantitative estimate of drug-likeness (QED) is 0.491. The molecule has 1 aromatic rings. The van der Waals surface area contributed by atoms with E-state index in [1.165, 1.54) is 6.08 Å². The molecule has 0 fully saturated rings. The van der Waals surface area contributed by atoms with Gasteiger partial charge in [-0.2, -0.15) is 4.99 Å². The minimum atomic E-state index is -0.442. The summed E-state index contributed by atoms with van der Waals surface area (Å²) >= 11 is 5.32. The number of amides is 1. The third kappa shape index (κ3) is 2.84. The molecule has 6 heteroatoms. The maximum atomic E-state index is 11.7. The molecule has 0 aliphatic heterocycles. The number of benzene rings is 1. The predicted octanol–water partition coefficient (Wildman–Crippen LogP) is 2.28. The summed E-state index contributed by atoms with van der Waals surface area (Å²) in [6.45, 7) is 4.24. The number of hydrogen-bond acceptors (Lipinski definition) is 4. The molecular formula is C11H12ClN3O2. The Bertz CT molecular complexity index is 482. The largest absolute Gasteiger partial charge is 0.383 e. The van der Waals surface area contributed by atoms with Crippen molar-refractivity contribution in [3.05, 3.63) is 23.3 Å². The van der Waals surface area contributed by atoms with Gasteiger partial charge in [-0.25, -0.2) is 4.79 Å². The van der Waals surface area contributed by atoms with E-state index in [1.807, 2.05) is 11.8 Å². The van der Waals surface area contributed by atoms with Gasteiger partial charge in [0.2, 0.25) is 6.08 Å². The van der Waals surface area contributed by atoms with Gasteiger partial charge in [-0.05, 0) is 25.5 Å². The van der Waals surface area contributed by atoms with Crippen LogP contribution >= 0.6 is 11.8 Å². The standard InChI is InChI=1S/C11H12ClN3O2/c1-3-13-10-8(14-6-16)5-4-7(2)9(10)11(17)15-12/h4-5,13H,3H2,1-2H3,(H,15,17). The molecule has 0 heterocycles. The van der Waals surface area contributed by atoms with Crippen molar-refractivity contribution in [1.82, 2.24) is 4.84 Å². The second-order valence-corrected chi connectivity index (χ2v) is 3.50. The fourth-order valence-electron chi connectivity index (χ4n) is 1.53. The van der Waals surface area contributed by atoms with Gasteiger partial charge in [-0.1, -0.05) is 6.07 Å². The van der Waals surface area contributed by atoms with Crippen LogP contribution in [0, 0.1) is 6.92 Å². The van der Waals surface area contributed by atoms with Crippen molar-refractivity contribution in [3.63, 3.8) is 0 Å². The third-order valence-corrected chi connectivity index (χ3v) is 2.40. The average Bonchev–Trinajstić information content (AvgIpc) is 2.32. The number of aryl methyl sites for hydroxylation is 1. The van der Waals surface area contributed by atoms with Crippen LogP contribution in [0.3, 0.4) is 0 Å². The number of aliphatic imine (C=N–C) groups is 1. The van der Waals surface area contributed by atoms with Gasteiger partial charge in [0, 0.05) is 18.3 Å². The van der Waals surface area contributed by atoms with Gasteiger partial charge in [0.1, 0.15) is 5.69 Å². The lowest BCUT2D eigenvalue weighted by molar-refractivity contribution is 0.0982. The fourth-order valence-corrected chi connectivity index (χ4v) is 1.63. The van der Waals surface area contributed by atoms with Gasteiger partial charge in [0.05, 0.1) is 11.3 Å². The SMILES string of the molecule is CCNc1c(N=C=O)ccc(C)c1C(=O)NCl. The lowest BCUT2D eigenvalue weighted by Gasteiger charge is -2.13. The van der Waals surface area contributed by atoms with E-state index in [0.717, 1.165) is 5.56 Å². The Hall–Kier alpha value is -1.84. The molecule has 1 aromatic carbocycles. The lowest BCUT2D eigenvalue weighted by atomic mass is 10.0. The highest BCUT2D eigenvalue weighted by Gasteiger charge is 2.16. The van der Waals surface area contributed by atoms with Crippen molar-refractivity contribution in [2.75, 3.05) is 11.9 Å². The van der Waals surface area contributed by atoms with Crippen LogP contribution in [0.5, 0.6) is 0 Å². The number of carbonyl (C=O) groups is 1. The van der Waals surface area contributed by atoms with Crippen molar-refractivity contribution in [2.24, 2.45) is 4.99 Å². The molecule has 0 atom stereocenters. The Morgan fingerprint density at radius 3 is 2.76 bits per heavy atom. The summed E-state index contributed by atoms with van der Waals surface area (Å²) < 4.78 is 0. The summed E-state index contributed by atoms with van der Waals surface area (Å²) in [4.78, 5) is 27.6. The van der Waals surface area contributed by atoms with Crippen LogP contribution in [-0.4, -0.2) is 18.5 Å². The van der Waals surface area contributed by atoms with Crippen LogP contribution in [0.4, 0.5) is 11.4 Å². The number of halogens is 1. The first-order valence-electron chi connectivity index (χ1n) is 5.02. The Labute approximate surface area is 104 Å². The molecule has 0 saturated carbocycles. The highest BCUT2D eigenvalue weighted by Crippen LogP contribution is 2.31. The van der Waals surface area contributed by atoms with E-state index in [0.29, 0.717) is 23.5 Å². The predicted molar refractivity (Wildman–Crippen MR) is 66.4 cm³/mol. The summed E-state index contributed by atoms with van der Waals surface area (Å²) in [6.07, 6.45) is 1.46. The molecule has 2 N–H and O–H groups in total. The average molecular weight is 254 g/mol. The molecule has 5 nitrogen and oxygen atoms in total. The number of isocyanates is 1. The summed E-state index contributed by atoms with van der Waals surface area (Å²) in [5.74, 6) is -0.442. The molecule has 0 spiro atoms. The van der Waals surface area contributed by atoms with Gasteiger partial charge >= 0.3 is 0 Å². The Balaban J connectivity index is 3.47. The number of nitrogens with zero attached hydrogens (tertiary/aromatic N) is 1. The van der Waals surface area contributed by atoms with Crippen molar-refractivity contribution in [1.29, 1.82) is 0 Å². The van der Waals surface area contributed by atoms with Crippen molar-refractivity contribution in [2.45, 2.75) is 13.8 Å². The van der Waals surface area contributed by atoms with E-state index in [2.05, 4.69) is 10.3 Å². The van der Waals surface area contributed by atoms with E-state index in [4.69, 9.17) is 11.8 Å². The van der Waals surface area contributed by atoms with E-state index in [-0.39, 0.29) is 0 Å². The van der Waals surface area contributed by atoms with E-state index >= 15 is 0 Å². The molecule has 1 rings (SSSR count). The zero-order valence-electron chi connectivity index (χ0n) is 9.50. The second-order valence-electron chi connectivity index (χ2n) is 3.31. The number of carbonyl (C=O) groups excluding carboxylic acids is 2. The van der Waals surface area contributed by atoms with Gasteiger partial charge in [-0.15, -0.1) is 0 Å². The monoisotopic (exact) mass is 253 g/mol. The number of anilines is 1. The van der Waals surface area contributed by atoms with Gasteiger partial charge in [0.15, 0.2) is 0 Å². The molecule has 0 saturated heterocycles. The maximum absolute atomic E-state index is 11.7. The topological polar surface area (TPSA) is 70.6 Å². The maximum Gasteiger partial charge on any atom is 0.268 e. The first-order chi connectivity index (χ1) is 8.15. The molecule has 0 aliphatic carbocycles. The lowest BCUT2D eigenvalue weighted by Crippen LogP contribution is -2.17. The Morgan fingerprint density at radius 2 is 2.24 bits per heavy atom. The van der Waals surface area contributed by atoms with Crippen LogP contribution in [0.2, 0.25) is 0 Å². The molecule has 0 unspecified atom stereocenters. The van der Waals surface area contributed by atoms with Crippen LogP contribution in [0.1, 0.15) is 22.8 Å². The van der Waals surface area contributed by atoms with Gasteiger partial charge in [-0.3, -0.25) is 9.63 Å². The highest BCUT2D eigenvalue weighted by atomic mass is 35.5. The van der Waals surface area contributed by atoms with E-state index in [9.17, 15) is 9.59 Å². The third-order valence-electron chi connectivity index (χ3n) is 2.22. The molecule has 17 heavy (non-hydrogen) atoms. The summed E-state index contributed by atoms with van der Waals surface area (Å²) in [7, 11) is 0. The second kappa shape index (κ2) is 6.03. The molecular weight excluding hydrogens is 242 g/mol. The molecule has 0 bridgehead atoms. The summed E-state index contributed by atoms with van der Waals surface area (Å²) in [6, 6.07) is 3.34. The van der Waals surface area contributed by atoms with Crippen molar-refractivity contribution < 1.29 is 9.59 Å². The van der Waals surface area contributed by atoms with Crippen LogP contribution in [0.25, 0.3) is 0 Å². The first kappa shape index (κ1) is 13.2. The molecule has 0 aliphatic rings. The number of hydrogen-bond donors (Lipinski definition) is 2. The minimum Gasteiger partial charge on any atom is -0.383 e. The van der Waals surface area contributed by atoms with Crippen LogP contribution < -0.4 is 10.2 Å². The molecule has 0 aromatic heterocycles. The first-order valence-corrected chi connectivity index (χ1v) is 5.39. The number of rotatable bonds is 4. The van der Waals surface area contributed by atoms with E-state index < -0.39 is 5.91 Å². The summed E-state index contributed by atoms with van der Waals surface area (Å²) in [5, 5.41) is 2.99. The number of nitrogens with one attached hydrogen (secondary N) is 2. The zero-order chi connectivity index (χ0) is 12.8. The van der Waals surface area contributed by atoms with Crippen LogP contribution in [-0.2, 0) is 4.79 Å². The van der Waals surface area contributed by atoms with Crippen molar-refractivity contribution >= 4 is 35.1 Å². The molecule has 0 radical (unpaired) electrons. The van der Waals surface area contributed by atoms with E-state index in [1.54, 1.807) is 19.1 Å². The molecule has 1 amide bonds. The summed E-state index contributed by atoms with van der Waals surface area (Å²) in [5.41, 5.74) is 1.96. The van der Waals surface area contributed by atoms with Gasteiger partial charge < -0.3 is 5.32 Å². The minimum absolute atomic E-state index is 0.364. The highest BCUT2D eigenvalue weighted by molar-refractivity contribution is 6.25. The van der Waals surface area contributed by atoms with Crippen LogP contribution in [0.15, 0.2) is 17.1 Å². The Morgan fingerprint density at radius 1 is 1.53 bits per heavy atom. The Kier molecular flexibility index (Phi) is 4.69. The van der Waals surface area contributed by atoms with Crippen molar-refractivity contribution in [3.8, 4) is 0 Å².